The largest absolute Gasteiger partial charge is 0.497 e. The zero-order valence-electron chi connectivity index (χ0n) is 21.1. The third-order valence-corrected chi connectivity index (χ3v) is 10.2. The van der Waals surface area contributed by atoms with Gasteiger partial charge in [0.2, 0.25) is 0 Å². The number of aliphatic carboxylic acids is 1. The van der Waals surface area contributed by atoms with Gasteiger partial charge in [0.05, 0.1) is 19.6 Å². The van der Waals surface area contributed by atoms with Crippen molar-refractivity contribution < 1.29 is 19.7 Å². The van der Waals surface area contributed by atoms with Gasteiger partial charge in [-0.15, -0.1) is 0 Å². The minimum absolute atomic E-state index is 0.0101. The highest BCUT2D eigenvalue weighted by Gasteiger charge is 2.60. The van der Waals surface area contributed by atoms with Gasteiger partial charge in [0.25, 0.3) is 0 Å². The van der Waals surface area contributed by atoms with E-state index >= 15 is 0 Å². The van der Waals surface area contributed by atoms with Crippen molar-refractivity contribution in [1.29, 1.82) is 0 Å². The van der Waals surface area contributed by atoms with Gasteiger partial charge in [-0.2, -0.15) is 0 Å². The summed E-state index contributed by atoms with van der Waals surface area (Å²) in [6.07, 6.45) is 9.56. The Morgan fingerprint density at radius 1 is 1.06 bits per heavy atom. The number of aliphatic hydroxyl groups is 1. The van der Waals surface area contributed by atoms with Gasteiger partial charge in [-0.3, -0.25) is 4.79 Å². The van der Waals surface area contributed by atoms with E-state index in [9.17, 15) is 15.0 Å². The first-order chi connectivity index (χ1) is 16.2. The Morgan fingerprint density at radius 3 is 2.41 bits per heavy atom. The standard InChI is InChI=1S/C30H40O4/c1-5-18-14-21-17-22(31)10-12-29(21,2)24-11-13-30(3)25(27(18)24)15-20(16-26(32)33)28(30)19-6-8-23(34-4)9-7-19/h6-9,14,18,22,24-25,27,31H,5,10-13,15-17H2,1-4H3,(H,32,33)/t18?,22?,24-,25+,27-,29+,30+/m1/s1. The lowest BCUT2D eigenvalue weighted by Gasteiger charge is -2.60. The number of hydrogen-bond donors (Lipinski definition) is 2. The molecule has 4 heteroatoms. The molecule has 0 aliphatic heterocycles. The van der Waals surface area contributed by atoms with E-state index in [1.54, 1.807) is 7.11 Å². The number of rotatable bonds is 5. The SMILES string of the molecule is CCC1C=C2CC(O)CC[C@]2(C)[C@@H]2CC[C@]3(C)C(c4ccc(OC)cc4)=C(CC(=O)O)C[C@H]3[C@H]12. The summed E-state index contributed by atoms with van der Waals surface area (Å²) in [5.41, 5.74) is 5.23. The Bertz CT molecular complexity index is 1020. The molecule has 0 heterocycles. The van der Waals surface area contributed by atoms with Crippen LogP contribution in [0.2, 0.25) is 0 Å². The highest BCUT2D eigenvalue weighted by molar-refractivity contribution is 5.82. The first kappa shape index (κ1) is 23.7. The van der Waals surface area contributed by atoms with Crippen LogP contribution < -0.4 is 4.74 Å². The van der Waals surface area contributed by atoms with E-state index in [4.69, 9.17) is 4.74 Å². The maximum atomic E-state index is 11.9. The molecule has 34 heavy (non-hydrogen) atoms. The summed E-state index contributed by atoms with van der Waals surface area (Å²) in [5, 5.41) is 20.2. The fourth-order valence-electron chi connectivity index (χ4n) is 8.61. The molecule has 4 aliphatic rings. The van der Waals surface area contributed by atoms with Gasteiger partial charge >= 0.3 is 5.97 Å². The second kappa shape index (κ2) is 8.55. The lowest BCUT2D eigenvalue weighted by atomic mass is 9.45. The highest BCUT2D eigenvalue weighted by atomic mass is 16.5. The van der Waals surface area contributed by atoms with E-state index in [-0.39, 0.29) is 23.4 Å². The van der Waals surface area contributed by atoms with Crippen molar-refractivity contribution in [2.75, 3.05) is 7.11 Å². The number of fused-ring (bicyclic) bond motifs is 5. The Balaban J connectivity index is 1.58. The maximum Gasteiger partial charge on any atom is 0.307 e. The second-order valence-electron chi connectivity index (χ2n) is 11.8. The lowest BCUT2D eigenvalue weighted by Crippen LogP contribution is -2.52. The van der Waals surface area contributed by atoms with Crippen LogP contribution in [0.1, 0.15) is 77.7 Å². The molecule has 0 bridgehead atoms. The summed E-state index contributed by atoms with van der Waals surface area (Å²) >= 11 is 0. The van der Waals surface area contributed by atoms with Crippen LogP contribution in [0.25, 0.3) is 5.57 Å². The number of methoxy groups -OCH3 is 1. The molecule has 2 N–H and O–H groups in total. The van der Waals surface area contributed by atoms with E-state index in [1.165, 1.54) is 17.6 Å². The first-order valence-electron chi connectivity index (χ1n) is 13.2. The van der Waals surface area contributed by atoms with Crippen LogP contribution in [0, 0.1) is 34.5 Å². The molecule has 0 spiro atoms. The Kier molecular flexibility index (Phi) is 5.95. The number of aliphatic hydroxyl groups excluding tert-OH is 1. The normalized spacial score (nSPS) is 39.1. The number of ether oxygens (including phenoxy) is 1. The van der Waals surface area contributed by atoms with Gasteiger partial charge < -0.3 is 14.9 Å². The molecule has 184 valence electrons. The molecule has 0 aromatic heterocycles. The molecule has 4 aliphatic carbocycles. The van der Waals surface area contributed by atoms with Crippen LogP contribution in [0.15, 0.2) is 41.5 Å². The molecule has 2 saturated carbocycles. The van der Waals surface area contributed by atoms with Crippen LogP contribution in [-0.2, 0) is 4.79 Å². The van der Waals surface area contributed by atoms with E-state index in [0.29, 0.717) is 23.7 Å². The van der Waals surface area contributed by atoms with Crippen molar-refractivity contribution in [3.63, 3.8) is 0 Å². The molecule has 7 atom stereocenters. The van der Waals surface area contributed by atoms with Crippen molar-refractivity contribution in [3.8, 4) is 5.75 Å². The molecule has 0 amide bonds. The van der Waals surface area contributed by atoms with Crippen molar-refractivity contribution in [3.05, 3.63) is 47.1 Å². The van der Waals surface area contributed by atoms with E-state index in [1.807, 2.05) is 12.1 Å². The molecular formula is C30H40O4. The molecule has 5 rings (SSSR count). The highest BCUT2D eigenvalue weighted by Crippen LogP contribution is 2.69. The molecule has 2 unspecified atom stereocenters. The second-order valence-corrected chi connectivity index (χ2v) is 11.8. The number of hydrogen-bond acceptors (Lipinski definition) is 3. The van der Waals surface area contributed by atoms with Crippen LogP contribution >= 0.6 is 0 Å². The van der Waals surface area contributed by atoms with E-state index < -0.39 is 5.97 Å². The summed E-state index contributed by atoms with van der Waals surface area (Å²) in [6, 6.07) is 8.25. The molecule has 4 nitrogen and oxygen atoms in total. The van der Waals surface area contributed by atoms with Crippen molar-refractivity contribution in [2.24, 2.45) is 34.5 Å². The third-order valence-electron chi connectivity index (χ3n) is 10.2. The Morgan fingerprint density at radius 2 is 1.76 bits per heavy atom. The summed E-state index contributed by atoms with van der Waals surface area (Å²) in [6.45, 7) is 7.18. The number of carbonyl (C=O) groups is 1. The van der Waals surface area contributed by atoms with Crippen LogP contribution in [0.3, 0.4) is 0 Å². The van der Waals surface area contributed by atoms with Gasteiger partial charge in [0, 0.05) is 0 Å². The fraction of sp³-hybridized carbons (Fsp3) is 0.633. The predicted octanol–water partition coefficient (Wildman–Crippen LogP) is 6.49. The van der Waals surface area contributed by atoms with Gasteiger partial charge in [-0.1, -0.05) is 50.1 Å². The quantitative estimate of drug-likeness (QED) is 0.489. The average Bonchev–Trinajstić information content (AvgIpc) is 3.10. The topological polar surface area (TPSA) is 66.8 Å². The first-order valence-corrected chi connectivity index (χ1v) is 13.2. The molecule has 0 saturated heterocycles. The zero-order chi connectivity index (χ0) is 24.3. The van der Waals surface area contributed by atoms with Crippen molar-refractivity contribution >= 4 is 11.5 Å². The van der Waals surface area contributed by atoms with E-state index in [0.717, 1.165) is 55.4 Å². The number of allylic oxidation sites excluding steroid dienone is 2. The Labute approximate surface area is 204 Å². The van der Waals surface area contributed by atoms with Gasteiger partial charge in [-0.25, -0.2) is 0 Å². The number of benzene rings is 1. The summed E-state index contributed by atoms with van der Waals surface area (Å²) in [4.78, 5) is 11.9. The van der Waals surface area contributed by atoms with Gasteiger partial charge in [0.1, 0.15) is 5.75 Å². The Hall–Kier alpha value is -2.07. The van der Waals surface area contributed by atoms with Crippen LogP contribution in [0.5, 0.6) is 5.75 Å². The van der Waals surface area contributed by atoms with Crippen LogP contribution in [0.4, 0.5) is 0 Å². The lowest BCUT2D eigenvalue weighted by molar-refractivity contribution is -0.136. The molecule has 1 aromatic rings. The minimum atomic E-state index is -0.731. The van der Waals surface area contributed by atoms with Gasteiger partial charge in [0.15, 0.2) is 0 Å². The van der Waals surface area contributed by atoms with Gasteiger partial charge in [-0.05, 0) is 103 Å². The van der Waals surface area contributed by atoms with Crippen molar-refractivity contribution in [1.82, 2.24) is 0 Å². The summed E-state index contributed by atoms with van der Waals surface area (Å²) in [5.74, 6) is 2.24. The minimum Gasteiger partial charge on any atom is -0.497 e. The van der Waals surface area contributed by atoms with Crippen LogP contribution in [-0.4, -0.2) is 29.4 Å². The molecule has 1 aromatic carbocycles. The third kappa shape index (κ3) is 3.56. The summed E-state index contributed by atoms with van der Waals surface area (Å²) < 4.78 is 5.39. The van der Waals surface area contributed by atoms with E-state index in [2.05, 4.69) is 39.0 Å². The van der Waals surface area contributed by atoms with Crippen molar-refractivity contribution in [2.45, 2.75) is 78.2 Å². The molecule has 0 radical (unpaired) electrons. The fourth-order valence-corrected chi connectivity index (χ4v) is 8.61. The molecule has 2 fully saturated rings. The maximum absolute atomic E-state index is 11.9. The number of carboxylic acids is 1. The predicted molar refractivity (Wildman–Crippen MR) is 134 cm³/mol. The molecular weight excluding hydrogens is 424 g/mol. The number of carboxylic acid groups (broad SMARTS) is 1. The smallest absolute Gasteiger partial charge is 0.307 e. The summed E-state index contributed by atoms with van der Waals surface area (Å²) in [7, 11) is 1.68. The zero-order valence-corrected chi connectivity index (χ0v) is 21.1. The average molecular weight is 465 g/mol. The monoisotopic (exact) mass is 464 g/mol.